The Kier molecular flexibility index (Phi) is 4.05. The van der Waals surface area contributed by atoms with E-state index >= 15 is 0 Å². The number of aryl methyl sites for hydroxylation is 1. The molecule has 0 bridgehead atoms. The number of hydrogen-bond donors (Lipinski definition) is 0. The zero-order valence-corrected chi connectivity index (χ0v) is 14.8. The van der Waals surface area contributed by atoms with Gasteiger partial charge in [-0.1, -0.05) is 36.4 Å². The predicted molar refractivity (Wildman–Crippen MR) is 106 cm³/mol. The fraction of sp³-hybridized carbons (Fsp3) is 0.0870. The fourth-order valence-electron chi connectivity index (χ4n) is 3.43. The van der Waals surface area contributed by atoms with Gasteiger partial charge in [-0.25, -0.2) is 0 Å². The van der Waals surface area contributed by atoms with Crippen LogP contribution < -0.4 is 10.3 Å². The van der Waals surface area contributed by atoms with E-state index in [1.54, 1.807) is 11.7 Å². The van der Waals surface area contributed by atoms with E-state index in [1.165, 1.54) is 0 Å². The van der Waals surface area contributed by atoms with Crippen molar-refractivity contribution in [3.63, 3.8) is 0 Å². The Morgan fingerprint density at radius 3 is 2.04 bits per heavy atom. The van der Waals surface area contributed by atoms with Gasteiger partial charge in [0.25, 0.3) is 5.56 Å². The van der Waals surface area contributed by atoms with E-state index in [4.69, 9.17) is 4.74 Å². The third kappa shape index (κ3) is 2.58. The lowest BCUT2D eigenvalue weighted by atomic mass is 9.99. The summed E-state index contributed by atoms with van der Waals surface area (Å²) in [5, 5.41) is 1.71. The zero-order valence-electron chi connectivity index (χ0n) is 14.8. The molecule has 0 atom stereocenters. The Morgan fingerprint density at radius 2 is 1.38 bits per heavy atom. The molecule has 0 saturated carbocycles. The second kappa shape index (κ2) is 6.52. The Labute approximate surface area is 152 Å². The molecule has 0 aliphatic heterocycles. The minimum Gasteiger partial charge on any atom is -0.497 e. The minimum absolute atomic E-state index is 0.0109. The number of rotatable bonds is 3. The molecule has 26 heavy (non-hydrogen) atoms. The molecule has 3 nitrogen and oxygen atoms in total. The van der Waals surface area contributed by atoms with Gasteiger partial charge in [-0.2, -0.15) is 0 Å². The average molecular weight is 341 g/mol. The number of methoxy groups -OCH3 is 1. The molecule has 0 amide bonds. The van der Waals surface area contributed by atoms with Crippen molar-refractivity contribution in [1.82, 2.24) is 4.57 Å². The van der Waals surface area contributed by atoms with Crippen LogP contribution in [0.4, 0.5) is 0 Å². The Morgan fingerprint density at radius 1 is 0.769 bits per heavy atom. The lowest BCUT2D eigenvalue weighted by Crippen LogP contribution is -2.21. The van der Waals surface area contributed by atoms with Crippen LogP contribution in [0.2, 0.25) is 0 Å². The number of para-hydroxylation sites is 1. The number of fused-ring (bicyclic) bond motifs is 1. The first-order chi connectivity index (χ1) is 12.7. The largest absolute Gasteiger partial charge is 0.497 e. The minimum atomic E-state index is -0.0109. The van der Waals surface area contributed by atoms with Crippen LogP contribution in [-0.2, 0) is 0 Å². The highest BCUT2D eigenvalue weighted by molar-refractivity contribution is 5.90. The molecule has 0 spiro atoms. The van der Waals surface area contributed by atoms with Crippen LogP contribution in [0.25, 0.3) is 27.7 Å². The summed E-state index contributed by atoms with van der Waals surface area (Å²) in [5.74, 6) is 0.792. The summed E-state index contributed by atoms with van der Waals surface area (Å²) in [6, 6.07) is 25.4. The van der Waals surface area contributed by atoms with Gasteiger partial charge in [0.2, 0.25) is 0 Å². The number of aromatic nitrogens is 1. The molecule has 0 aliphatic rings. The summed E-state index contributed by atoms with van der Waals surface area (Å²) in [4.78, 5) is 13.3. The molecule has 0 fully saturated rings. The number of hydrogen-bond acceptors (Lipinski definition) is 2. The van der Waals surface area contributed by atoms with Crippen LogP contribution in [0, 0.1) is 6.92 Å². The molecule has 0 unspecified atom stereocenters. The standard InChI is InChI=1S/C23H19NO2/c1-16-20-10-6-7-11-21(20)23(25)24(18-8-4-3-5-9-18)22(16)17-12-14-19(26-2)15-13-17/h3-15H,1-2H3. The Hall–Kier alpha value is -3.33. The van der Waals surface area contributed by atoms with Crippen molar-refractivity contribution < 1.29 is 4.74 Å². The van der Waals surface area contributed by atoms with Gasteiger partial charge in [-0.15, -0.1) is 0 Å². The van der Waals surface area contributed by atoms with Crippen LogP contribution in [0.3, 0.4) is 0 Å². The van der Waals surface area contributed by atoms with E-state index in [0.717, 1.165) is 39.0 Å². The highest BCUT2D eigenvalue weighted by Gasteiger charge is 2.16. The van der Waals surface area contributed by atoms with Crippen LogP contribution in [0.5, 0.6) is 5.75 Å². The quantitative estimate of drug-likeness (QED) is 0.526. The highest BCUT2D eigenvalue weighted by atomic mass is 16.5. The number of ether oxygens (including phenoxy) is 1. The molecule has 1 heterocycles. The van der Waals surface area contributed by atoms with Crippen molar-refractivity contribution in [1.29, 1.82) is 0 Å². The second-order valence-corrected chi connectivity index (χ2v) is 6.22. The first-order valence-corrected chi connectivity index (χ1v) is 8.55. The molecule has 0 N–H and O–H groups in total. The van der Waals surface area contributed by atoms with Gasteiger partial charge >= 0.3 is 0 Å². The molecule has 3 heteroatoms. The Bertz CT molecular complexity index is 1130. The summed E-state index contributed by atoms with van der Waals surface area (Å²) in [5.41, 5.74) is 3.81. The van der Waals surface area contributed by atoms with Crippen LogP contribution >= 0.6 is 0 Å². The summed E-state index contributed by atoms with van der Waals surface area (Å²) < 4.78 is 7.08. The maximum Gasteiger partial charge on any atom is 0.263 e. The third-order valence-corrected chi connectivity index (χ3v) is 4.72. The lowest BCUT2D eigenvalue weighted by molar-refractivity contribution is 0.415. The maximum absolute atomic E-state index is 13.3. The van der Waals surface area contributed by atoms with E-state index in [0.29, 0.717) is 0 Å². The van der Waals surface area contributed by atoms with Crippen molar-refractivity contribution in [2.75, 3.05) is 7.11 Å². The Balaban J connectivity index is 2.12. The van der Waals surface area contributed by atoms with Crippen molar-refractivity contribution in [3.05, 3.63) is 94.8 Å². The average Bonchev–Trinajstić information content (AvgIpc) is 2.71. The number of pyridine rings is 1. The molecule has 4 aromatic rings. The van der Waals surface area contributed by atoms with Crippen molar-refractivity contribution >= 4 is 10.8 Å². The van der Waals surface area contributed by atoms with Crippen molar-refractivity contribution in [2.45, 2.75) is 6.92 Å². The van der Waals surface area contributed by atoms with Gasteiger partial charge in [0.05, 0.1) is 12.8 Å². The van der Waals surface area contributed by atoms with Gasteiger partial charge in [-0.05, 0) is 65.9 Å². The molecular weight excluding hydrogens is 322 g/mol. The molecule has 3 aromatic carbocycles. The third-order valence-electron chi connectivity index (χ3n) is 4.72. The van der Waals surface area contributed by atoms with E-state index in [2.05, 4.69) is 6.92 Å². The van der Waals surface area contributed by atoms with Crippen molar-refractivity contribution in [3.8, 4) is 22.7 Å². The number of benzene rings is 3. The first-order valence-electron chi connectivity index (χ1n) is 8.55. The molecule has 4 rings (SSSR count). The van der Waals surface area contributed by atoms with Crippen LogP contribution in [0.15, 0.2) is 83.7 Å². The molecular formula is C23H19NO2. The second-order valence-electron chi connectivity index (χ2n) is 6.22. The van der Waals surface area contributed by atoms with Crippen LogP contribution in [0.1, 0.15) is 5.56 Å². The fourth-order valence-corrected chi connectivity index (χ4v) is 3.43. The van der Waals surface area contributed by atoms with E-state index in [9.17, 15) is 4.79 Å². The summed E-state index contributed by atoms with van der Waals surface area (Å²) in [6.07, 6.45) is 0. The highest BCUT2D eigenvalue weighted by Crippen LogP contribution is 2.30. The first kappa shape index (κ1) is 16.2. The zero-order chi connectivity index (χ0) is 18.1. The number of nitrogens with zero attached hydrogens (tertiary/aromatic N) is 1. The van der Waals surface area contributed by atoms with E-state index < -0.39 is 0 Å². The normalized spacial score (nSPS) is 10.8. The summed E-state index contributed by atoms with van der Waals surface area (Å²) in [6.45, 7) is 2.07. The topological polar surface area (TPSA) is 31.2 Å². The van der Waals surface area contributed by atoms with E-state index in [1.807, 2.05) is 78.9 Å². The van der Waals surface area contributed by atoms with Gasteiger partial charge < -0.3 is 4.74 Å². The molecule has 0 aliphatic carbocycles. The lowest BCUT2D eigenvalue weighted by Gasteiger charge is -2.18. The van der Waals surface area contributed by atoms with E-state index in [-0.39, 0.29) is 5.56 Å². The van der Waals surface area contributed by atoms with Gasteiger partial charge in [0.1, 0.15) is 5.75 Å². The van der Waals surface area contributed by atoms with Crippen molar-refractivity contribution in [2.24, 2.45) is 0 Å². The molecule has 128 valence electrons. The summed E-state index contributed by atoms with van der Waals surface area (Å²) >= 11 is 0. The molecule has 0 radical (unpaired) electrons. The molecule has 0 saturated heterocycles. The van der Waals surface area contributed by atoms with Crippen LogP contribution in [-0.4, -0.2) is 11.7 Å². The monoisotopic (exact) mass is 341 g/mol. The van der Waals surface area contributed by atoms with Gasteiger partial charge in [-0.3, -0.25) is 9.36 Å². The SMILES string of the molecule is COc1ccc(-c2c(C)c3ccccc3c(=O)n2-c2ccccc2)cc1. The predicted octanol–water partition coefficient (Wildman–Crippen LogP) is 4.97. The molecule has 1 aromatic heterocycles. The van der Waals surface area contributed by atoms with Gasteiger partial charge in [0.15, 0.2) is 0 Å². The van der Waals surface area contributed by atoms with Gasteiger partial charge in [0, 0.05) is 11.1 Å². The smallest absolute Gasteiger partial charge is 0.263 e. The maximum atomic E-state index is 13.3. The summed E-state index contributed by atoms with van der Waals surface area (Å²) in [7, 11) is 1.65.